The van der Waals surface area contributed by atoms with Gasteiger partial charge in [-0.2, -0.15) is 0 Å². The lowest BCUT2D eigenvalue weighted by atomic mass is 9.98. The van der Waals surface area contributed by atoms with Gasteiger partial charge in [-0.3, -0.25) is 4.79 Å². The average molecular weight is 323 g/mol. The zero-order chi connectivity index (χ0) is 13.4. The van der Waals surface area contributed by atoms with Gasteiger partial charge in [0.1, 0.15) is 0 Å². The van der Waals surface area contributed by atoms with Gasteiger partial charge >= 0.3 is 0 Å². The molecular formula is C15H19BrN2O. The zero-order valence-electron chi connectivity index (χ0n) is 10.9. The first kappa shape index (κ1) is 13.1. The first-order chi connectivity index (χ1) is 9.13. The summed E-state index contributed by atoms with van der Waals surface area (Å²) in [5.74, 6) is 1.41. The highest BCUT2D eigenvalue weighted by Crippen LogP contribution is 2.37. The molecule has 1 aliphatic carbocycles. The van der Waals surface area contributed by atoms with Gasteiger partial charge in [0.2, 0.25) is 5.91 Å². The van der Waals surface area contributed by atoms with Crippen LogP contribution in [0.1, 0.15) is 18.4 Å². The van der Waals surface area contributed by atoms with Crippen molar-refractivity contribution in [3.8, 4) is 0 Å². The minimum absolute atomic E-state index is 0.236. The van der Waals surface area contributed by atoms with Crippen LogP contribution in [0.25, 0.3) is 0 Å². The van der Waals surface area contributed by atoms with Crippen LogP contribution in [0.3, 0.4) is 0 Å². The van der Waals surface area contributed by atoms with Crippen LogP contribution in [-0.2, 0) is 11.2 Å². The second kappa shape index (κ2) is 5.25. The fourth-order valence-corrected chi connectivity index (χ4v) is 3.89. The third-order valence-corrected chi connectivity index (χ3v) is 5.00. The Bertz CT molecular complexity index is 491. The Balaban J connectivity index is 1.63. The summed E-state index contributed by atoms with van der Waals surface area (Å²) in [6, 6.07) is 8.27. The number of amides is 1. The zero-order valence-corrected chi connectivity index (χ0v) is 12.5. The number of halogens is 1. The second-order valence-corrected chi connectivity index (χ2v) is 6.69. The molecule has 3 rings (SSSR count). The maximum Gasteiger partial charge on any atom is 0.227 e. The lowest BCUT2D eigenvalue weighted by Gasteiger charge is -2.18. The Morgan fingerprint density at radius 3 is 2.95 bits per heavy atom. The summed E-state index contributed by atoms with van der Waals surface area (Å²) >= 11 is 3.44. The number of hydrogen-bond acceptors (Lipinski definition) is 2. The summed E-state index contributed by atoms with van der Waals surface area (Å²) in [4.78, 5) is 14.3. The molecular weight excluding hydrogens is 304 g/mol. The van der Waals surface area contributed by atoms with E-state index in [-0.39, 0.29) is 5.91 Å². The minimum Gasteiger partial charge on any atom is -0.342 e. The van der Waals surface area contributed by atoms with Crippen LogP contribution in [0, 0.1) is 11.8 Å². The lowest BCUT2D eigenvalue weighted by molar-refractivity contribution is -0.129. The third kappa shape index (κ3) is 2.70. The molecule has 2 aliphatic rings. The topological polar surface area (TPSA) is 46.3 Å². The summed E-state index contributed by atoms with van der Waals surface area (Å²) in [6.45, 7) is 1.77. The number of carbonyl (C=O) groups is 1. The Hall–Kier alpha value is -0.870. The Morgan fingerprint density at radius 1 is 1.37 bits per heavy atom. The van der Waals surface area contributed by atoms with E-state index in [2.05, 4.69) is 15.9 Å². The van der Waals surface area contributed by atoms with Crippen molar-refractivity contribution in [3.05, 3.63) is 34.3 Å². The molecule has 0 aromatic heterocycles. The van der Waals surface area contributed by atoms with Crippen molar-refractivity contribution < 1.29 is 4.79 Å². The molecule has 2 fully saturated rings. The SMILES string of the molecule is NC1CCC2CN(C(=O)Cc3cccc(Br)c3)CC12. The van der Waals surface area contributed by atoms with E-state index in [1.165, 1.54) is 6.42 Å². The minimum atomic E-state index is 0.236. The van der Waals surface area contributed by atoms with E-state index in [9.17, 15) is 4.79 Å². The third-order valence-electron chi connectivity index (χ3n) is 4.51. The van der Waals surface area contributed by atoms with Crippen molar-refractivity contribution in [2.45, 2.75) is 25.3 Å². The predicted octanol–water partition coefficient (Wildman–Crippen LogP) is 2.19. The number of likely N-dealkylation sites (tertiary alicyclic amines) is 1. The highest BCUT2D eigenvalue weighted by atomic mass is 79.9. The van der Waals surface area contributed by atoms with E-state index in [4.69, 9.17) is 5.73 Å². The largest absolute Gasteiger partial charge is 0.342 e. The average Bonchev–Trinajstić information content (AvgIpc) is 2.92. The van der Waals surface area contributed by atoms with Crippen molar-refractivity contribution in [2.24, 2.45) is 17.6 Å². The predicted molar refractivity (Wildman–Crippen MR) is 78.6 cm³/mol. The summed E-state index contributed by atoms with van der Waals surface area (Å²) < 4.78 is 1.03. The molecule has 1 heterocycles. The van der Waals surface area contributed by atoms with Crippen molar-refractivity contribution in [1.29, 1.82) is 0 Å². The van der Waals surface area contributed by atoms with Crippen LogP contribution in [0.5, 0.6) is 0 Å². The number of hydrogen-bond donors (Lipinski definition) is 1. The molecule has 1 aromatic rings. The van der Waals surface area contributed by atoms with Crippen molar-refractivity contribution in [1.82, 2.24) is 4.90 Å². The van der Waals surface area contributed by atoms with Gasteiger partial charge in [-0.25, -0.2) is 0 Å². The van der Waals surface area contributed by atoms with Gasteiger partial charge in [0.25, 0.3) is 0 Å². The maximum atomic E-state index is 12.3. The van der Waals surface area contributed by atoms with Gasteiger partial charge in [0.15, 0.2) is 0 Å². The second-order valence-electron chi connectivity index (χ2n) is 5.77. The number of nitrogens with two attached hydrogens (primary N) is 1. The summed E-state index contributed by atoms with van der Waals surface area (Å²) in [5, 5.41) is 0. The summed E-state index contributed by atoms with van der Waals surface area (Å²) in [5.41, 5.74) is 7.18. The number of nitrogens with zero attached hydrogens (tertiary/aromatic N) is 1. The molecule has 0 radical (unpaired) electrons. The first-order valence-corrected chi connectivity index (χ1v) is 7.70. The molecule has 1 amide bonds. The number of rotatable bonds is 2. The molecule has 1 saturated heterocycles. The first-order valence-electron chi connectivity index (χ1n) is 6.91. The normalized spacial score (nSPS) is 29.6. The molecule has 0 bridgehead atoms. The monoisotopic (exact) mass is 322 g/mol. The van der Waals surface area contributed by atoms with Gasteiger partial charge in [0.05, 0.1) is 6.42 Å². The van der Waals surface area contributed by atoms with Crippen LogP contribution in [0.2, 0.25) is 0 Å². The van der Waals surface area contributed by atoms with Crippen LogP contribution in [-0.4, -0.2) is 29.9 Å². The molecule has 3 atom stereocenters. The summed E-state index contributed by atoms with van der Waals surface area (Å²) in [7, 11) is 0. The smallest absolute Gasteiger partial charge is 0.227 e. The Kier molecular flexibility index (Phi) is 3.63. The van der Waals surface area contributed by atoms with Gasteiger partial charge < -0.3 is 10.6 Å². The molecule has 1 aliphatic heterocycles. The molecule has 1 aromatic carbocycles. The molecule has 19 heavy (non-hydrogen) atoms. The Labute approximate surface area is 122 Å². The highest BCUT2D eigenvalue weighted by molar-refractivity contribution is 9.10. The molecule has 0 spiro atoms. The molecule has 2 N–H and O–H groups in total. The quantitative estimate of drug-likeness (QED) is 0.907. The van der Waals surface area contributed by atoms with Gasteiger partial charge in [-0.1, -0.05) is 28.1 Å². The maximum absolute atomic E-state index is 12.3. The molecule has 1 saturated carbocycles. The van der Waals surface area contributed by atoms with Crippen molar-refractivity contribution >= 4 is 21.8 Å². The highest BCUT2D eigenvalue weighted by Gasteiger charge is 2.42. The fraction of sp³-hybridized carbons (Fsp3) is 0.533. The van der Waals surface area contributed by atoms with Crippen LogP contribution >= 0.6 is 15.9 Å². The number of carbonyl (C=O) groups excluding carboxylic acids is 1. The lowest BCUT2D eigenvalue weighted by Crippen LogP contribution is -2.34. The van der Waals surface area contributed by atoms with Crippen molar-refractivity contribution in [3.63, 3.8) is 0 Å². The molecule has 102 valence electrons. The summed E-state index contributed by atoms with van der Waals surface area (Å²) in [6.07, 6.45) is 2.81. The van der Waals surface area contributed by atoms with E-state index in [0.717, 1.165) is 29.5 Å². The van der Waals surface area contributed by atoms with Crippen LogP contribution in [0.15, 0.2) is 28.7 Å². The van der Waals surface area contributed by atoms with E-state index in [1.54, 1.807) is 0 Å². The Morgan fingerprint density at radius 2 is 2.21 bits per heavy atom. The van der Waals surface area contributed by atoms with Crippen LogP contribution < -0.4 is 5.73 Å². The van der Waals surface area contributed by atoms with E-state index in [1.807, 2.05) is 29.2 Å². The number of benzene rings is 1. The number of fused-ring (bicyclic) bond motifs is 1. The van der Waals surface area contributed by atoms with Gasteiger partial charge in [-0.15, -0.1) is 0 Å². The molecule has 3 unspecified atom stereocenters. The van der Waals surface area contributed by atoms with E-state index in [0.29, 0.717) is 24.3 Å². The van der Waals surface area contributed by atoms with E-state index >= 15 is 0 Å². The van der Waals surface area contributed by atoms with E-state index < -0.39 is 0 Å². The fourth-order valence-electron chi connectivity index (χ4n) is 3.44. The molecule has 4 heteroatoms. The molecule has 3 nitrogen and oxygen atoms in total. The standard InChI is InChI=1S/C15H19BrN2O/c16-12-3-1-2-10(6-12)7-15(19)18-8-11-4-5-14(17)13(11)9-18/h1-3,6,11,13-14H,4-5,7-9,17H2. The van der Waals surface area contributed by atoms with Crippen molar-refractivity contribution in [2.75, 3.05) is 13.1 Å². The van der Waals surface area contributed by atoms with Gasteiger partial charge in [0, 0.05) is 23.6 Å². The van der Waals surface area contributed by atoms with Crippen LogP contribution in [0.4, 0.5) is 0 Å². The van der Waals surface area contributed by atoms with Gasteiger partial charge in [-0.05, 0) is 42.4 Å².